The molecule has 18 heavy (non-hydrogen) atoms. The third-order valence-corrected chi connectivity index (χ3v) is 3.13. The smallest absolute Gasteiger partial charge is 0.140 e. The summed E-state index contributed by atoms with van der Waals surface area (Å²) in [6.45, 7) is 1.89. The monoisotopic (exact) mass is 277 g/mol. The molecule has 0 amide bonds. The van der Waals surface area contributed by atoms with Crippen LogP contribution in [0.5, 0.6) is 0 Å². The number of pyridine rings is 1. The predicted octanol–water partition coefficient (Wildman–Crippen LogP) is 4.31. The molecule has 2 aromatic rings. The average Bonchev–Trinajstić information content (AvgIpc) is 2.37. The van der Waals surface area contributed by atoms with E-state index in [1.54, 1.807) is 30.5 Å². The van der Waals surface area contributed by atoms with Crippen molar-refractivity contribution in [1.82, 2.24) is 4.98 Å². The molecule has 5 heteroatoms. The van der Waals surface area contributed by atoms with E-state index in [9.17, 15) is 0 Å². The predicted molar refractivity (Wildman–Crippen MR) is 73.4 cm³/mol. The van der Waals surface area contributed by atoms with Crippen molar-refractivity contribution in [2.45, 2.75) is 6.92 Å². The van der Waals surface area contributed by atoms with Crippen molar-refractivity contribution in [2.24, 2.45) is 0 Å². The number of nitrogens with one attached hydrogen (secondary N) is 1. The first-order valence-electron chi connectivity index (χ1n) is 5.19. The normalized spacial score (nSPS) is 9.89. The Morgan fingerprint density at radius 1 is 1.22 bits per heavy atom. The molecule has 0 fully saturated rings. The van der Waals surface area contributed by atoms with Gasteiger partial charge in [-0.05, 0) is 36.8 Å². The van der Waals surface area contributed by atoms with Crippen LogP contribution in [0.2, 0.25) is 10.0 Å². The van der Waals surface area contributed by atoms with Crippen LogP contribution in [0.1, 0.15) is 11.3 Å². The summed E-state index contributed by atoms with van der Waals surface area (Å²) < 4.78 is 0. The fourth-order valence-corrected chi connectivity index (χ4v) is 1.86. The highest BCUT2D eigenvalue weighted by atomic mass is 35.5. The Hall–Kier alpha value is -1.76. The molecule has 0 saturated heterocycles. The molecule has 0 bridgehead atoms. The Labute approximate surface area is 115 Å². The van der Waals surface area contributed by atoms with Crippen molar-refractivity contribution in [3.05, 3.63) is 51.8 Å². The second-order valence-electron chi connectivity index (χ2n) is 3.75. The molecule has 0 spiro atoms. The SMILES string of the molecule is Cc1cc(Cl)c(Nc2ccc(C#N)nc2)cc1Cl. The minimum atomic E-state index is 0.369. The summed E-state index contributed by atoms with van der Waals surface area (Å²) in [5.74, 6) is 0. The lowest BCUT2D eigenvalue weighted by atomic mass is 10.2. The van der Waals surface area contributed by atoms with E-state index in [0.29, 0.717) is 21.4 Å². The molecule has 1 heterocycles. The van der Waals surface area contributed by atoms with E-state index in [-0.39, 0.29) is 0 Å². The standard InChI is InChI=1S/C13H9Cl2N3/c1-8-4-12(15)13(5-11(8)14)18-10-3-2-9(6-16)17-7-10/h2-5,7,18H,1H3. The quantitative estimate of drug-likeness (QED) is 0.890. The summed E-state index contributed by atoms with van der Waals surface area (Å²) in [7, 11) is 0. The van der Waals surface area contributed by atoms with Gasteiger partial charge in [0.25, 0.3) is 0 Å². The van der Waals surface area contributed by atoms with E-state index in [4.69, 9.17) is 28.5 Å². The first-order valence-corrected chi connectivity index (χ1v) is 5.94. The number of aromatic nitrogens is 1. The molecule has 2 rings (SSSR count). The maximum absolute atomic E-state index is 8.66. The third kappa shape index (κ3) is 2.73. The van der Waals surface area contributed by atoms with Crippen molar-refractivity contribution < 1.29 is 0 Å². The van der Waals surface area contributed by atoms with E-state index < -0.39 is 0 Å². The summed E-state index contributed by atoms with van der Waals surface area (Å²) in [6.07, 6.45) is 1.57. The Morgan fingerprint density at radius 2 is 2.00 bits per heavy atom. The van der Waals surface area contributed by atoms with E-state index >= 15 is 0 Å². The van der Waals surface area contributed by atoms with Gasteiger partial charge in [0, 0.05) is 5.02 Å². The number of hydrogen-bond donors (Lipinski definition) is 1. The molecular formula is C13H9Cl2N3. The van der Waals surface area contributed by atoms with E-state index in [1.165, 1.54) is 0 Å². The van der Waals surface area contributed by atoms with E-state index in [0.717, 1.165) is 11.3 Å². The first-order chi connectivity index (χ1) is 8.60. The Kier molecular flexibility index (Phi) is 3.71. The minimum absolute atomic E-state index is 0.369. The molecular weight excluding hydrogens is 269 g/mol. The van der Waals surface area contributed by atoms with Gasteiger partial charge in [0.2, 0.25) is 0 Å². The van der Waals surface area contributed by atoms with Gasteiger partial charge in [0.05, 0.1) is 22.6 Å². The van der Waals surface area contributed by atoms with Gasteiger partial charge >= 0.3 is 0 Å². The lowest BCUT2D eigenvalue weighted by Crippen LogP contribution is -1.93. The average molecular weight is 278 g/mol. The van der Waals surface area contributed by atoms with Crippen LogP contribution in [-0.2, 0) is 0 Å². The van der Waals surface area contributed by atoms with Gasteiger partial charge in [-0.25, -0.2) is 4.98 Å². The zero-order valence-corrected chi connectivity index (χ0v) is 11.0. The molecule has 1 aromatic heterocycles. The topological polar surface area (TPSA) is 48.7 Å². The maximum Gasteiger partial charge on any atom is 0.140 e. The number of anilines is 2. The van der Waals surface area contributed by atoms with Crippen LogP contribution in [-0.4, -0.2) is 4.98 Å². The zero-order chi connectivity index (χ0) is 13.1. The number of benzene rings is 1. The zero-order valence-electron chi connectivity index (χ0n) is 9.54. The Morgan fingerprint density at radius 3 is 2.61 bits per heavy atom. The van der Waals surface area contributed by atoms with Gasteiger partial charge < -0.3 is 5.32 Å². The summed E-state index contributed by atoms with van der Waals surface area (Å²) in [4.78, 5) is 3.96. The lowest BCUT2D eigenvalue weighted by molar-refractivity contribution is 1.26. The largest absolute Gasteiger partial charge is 0.353 e. The molecule has 0 aliphatic heterocycles. The highest BCUT2D eigenvalue weighted by Crippen LogP contribution is 2.30. The molecule has 0 aliphatic carbocycles. The lowest BCUT2D eigenvalue weighted by Gasteiger charge is -2.10. The number of nitriles is 1. The minimum Gasteiger partial charge on any atom is -0.353 e. The first kappa shape index (κ1) is 12.7. The van der Waals surface area contributed by atoms with Crippen LogP contribution in [0.15, 0.2) is 30.5 Å². The van der Waals surface area contributed by atoms with Crippen LogP contribution in [0.3, 0.4) is 0 Å². The molecule has 90 valence electrons. The van der Waals surface area contributed by atoms with Crippen molar-refractivity contribution >= 4 is 34.6 Å². The molecule has 0 atom stereocenters. The molecule has 0 aliphatic rings. The number of nitrogens with zero attached hydrogens (tertiary/aromatic N) is 2. The van der Waals surface area contributed by atoms with Crippen molar-refractivity contribution in [1.29, 1.82) is 5.26 Å². The van der Waals surface area contributed by atoms with Crippen molar-refractivity contribution in [3.63, 3.8) is 0 Å². The van der Waals surface area contributed by atoms with Gasteiger partial charge in [0.1, 0.15) is 11.8 Å². The Bertz CT molecular complexity index is 615. The van der Waals surface area contributed by atoms with Crippen LogP contribution >= 0.6 is 23.2 Å². The molecule has 3 nitrogen and oxygen atoms in total. The number of aryl methyl sites for hydroxylation is 1. The van der Waals surface area contributed by atoms with Crippen molar-refractivity contribution in [2.75, 3.05) is 5.32 Å². The van der Waals surface area contributed by atoms with Crippen molar-refractivity contribution in [3.8, 4) is 6.07 Å². The summed E-state index contributed by atoms with van der Waals surface area (Å²) in [5.41, 5.74) is 2.74. The number of halogens is 2. The molecule has 0 saturated carbocycles. The third-order valence-electron chi connectivity index (χ3n) is 2.41. The summed E-state index contributed by atoms with van der Waals surface area (Å²) >= 11 is 12.2. The summed E-state index contributed by atoms with van der Waals surface area (Å²) in [6, 6.07) is 8.91. The molecule has 0 unspecified atom stereocenters. The Balaban J connectivity index is 2.28. The fraction of sp³-hybridized carbons (Fsp3) is 0.0769. The number of rotatable bonds is 2. The van der Waals surface area contributed by atoms with Crippen LogP contribution in [0.4, 0.5) is 11.4 Å². The van der Waals surface area contributed by atoms with Crippen LogP contribution in [0, 0.1) is 18.3 Å². The van der Waals surface area contributed by atoms with E-state index in [1.807, 2.05) is 13.0 Å². The second kappa shape index (κ2) is 5.26. The van der Waals surface area contributed by atoms with Gasteiger partial charge in [-0.2, -0.15) is 5.26 Å². The summed E-state index contributed by atoms with van der Waals surface area (Å²) in [5, 5.41) is 13.0. The highest BCUT2D eigenvalue weighted by molar-refractivity contribution is 6.35. The molecule has 1 N–H and O–H groups in total. The van der Waals surface area contributed by atoms with Gasteiger partial charge in [-0.15, -0.1) is 0 Å². The fourth-order valence-electron chi connectivity index (χ4n) is 1.43. The van der Waals surface area contributed by atoms with E-state index in [2.05, 4.69) is 10.3 Å². The molecule has 0 radical (unpaired) electrons. The van der Waals surface area contributed by atoms with Gasteiger partial charge in [-0.3, -0.25) is 0 Å². The van der Waals surface area contributed by atoms with Gasteiger partial charge in [-0.1, -0.05) is 23.2 Å². The molecule has 1 aromatic carbocycles. The number of hydrogen-bond acceptors (Lipinski definition) is 3. The van der Waals surface area contributed by atoms with Crippen LogP contribution < -0.4 is 5.32 Å². The highest BCUT2D eigenvalue weighted by Gasteiger charge is 2.05. The maximum atomic E-state index is 8.66. The van der Waals surface area contributed by atoms with Crippen LogP contribution in [0.25, 0.3) is 0 Å². The van der Waals surface area contributed by atoms with Gasteiger partial charge in [0.15, 0.2) is 0 Å². The second-order valence-corrected chi connectivity index (χ2v) is 4.56.